The number of guanidine groups is 1. The van der Waals surface area contributed by atoms with Crippen LogP contribution in [0.2, 0.25) is 0 Å². The van der Waals surface area contributed by atoms with Crippen molar-refractivity contribution >= 4 is 40.0 Å². The third-order valence-corrected chi connectivity index (χ3v) is 4.65. The Morgan fingerprint density at radius 3 is 2.60 bits per heavy atom. The van der Waals surface area contributed by atoms with E-state index in [9.17, 15) is 8.42 Å². The highest BCUT2D eigenvalue weighted by molar-refractivity contribution is 14.0. The minimum absolute atomic E-state index is 0. The highest BCUT2D eigenvalue weighted by Crippen LogP contribution is 2.24. The Hall–Kier alpha value is -0.850. The van der Waals surface area contributed by atoms with Crippen molar-refractivity contribution in [2.45, 2.75) is 18.9 Å². The number of hydrogen-bond donors (Lipinski definition) is 3. The van der Waals surface area contributed by atoms with E-state index in [1.807, 2.05) is 12.1 Å². The van der Waals surface area contributed by atoms with Gasteiger partial charge in [-0.1, -0.05) is 0 Å². The van der Waals surface area contributed by atoms with Gasteiger partial charge in [-0.3, -0.25) is 9.89 Å². The van der Waals surface area contributed by atoms with Crippen LogP contribution < -0.4 is 15.4 Å². The first-order chi connectivity index (χ1) is 11.5. The summed E-state index contributed by atoms with van der Waals surface area (Å²) in [5, 5.41) is 6.39. The van der Waals surface area contributed by atoms with Gasteiger partial charge in [0, 0.05) is 26.7 Å². The molecule has 1 aliphatic heterocycles. The van der Waals surface area contributed by atoms with Crippen molar-refractivity contribution in [3.8, 4) is 0 Å². The molecule has 1 aliphatic rings. The normalized spacial score (nSPS) is 17.1. The topological polar surface area (TPSA) is 99.0 Å². The molecular weight excluding hydrogens is 457 g/mol. The number of nitrogens with zero attached hydrogens (tertiary/aromatic N) is 2. The van der Waals surface area contributed by atoms with Crippen LogP contribution in [-0.4, -0.2) is 65.3 Å². The number of sulfonamides is 1. The van der Waals surface area contributed by atoms with E-state index in [2.05, 4.69) is 25.2 Å². The van der Waals surface area contributed by atoms with Crippen LogP contribution >= 0.6 is 24.0 Å². The first-order valence-corrected chi connectivity index (χ1v) is 10.1. The van der Waals surface area contributed by atoms with Gasteiger partial charge in [0.25, 0.3) is 0 Å². The molecule has 144 valence electrons. The lowest BCUT2D eigenvalue weighted by Gasteiger charge is -2.26. The molecule has 0 spiro atoms. The summed E-state index contributed by atoms with van der Waals surface area (Å²) >= 11 is 0. The summed E-state index contributed by atoms with van der Waals surface area (Å²) in [5.41, 5.74) is 0. The van der Waals surface area contributed by atoms with Crippen LogP contribution in [0.25, 0.3) is 0 Å². The summed E-state index contributed by atoms with van der Waals surface area (Å²) in [6, 6.07) is 4.06. The van der Waals surface area contributed by atoms with E-state index < -0.39 is 10.0 Å². The number of likely N-dealkylation sites (tertiary alicyclic amines) is 1. The molecule has 2 heterocycles. The first-order valence-electron chi connectivity index (χ1n) is 8.16. The second-order valence-corrected chi connectivity index (χ2v) is 7.65. The van der Waals surface area contributed by atoms with Crippen molar-refractivity contribution in [1.29, 1.82) is 0 Å². The van der Waals surface area contributed by atoms with Gasteiger partial charge in [-0.15, -0.1) is 24.0 Å². The summed E-state index contributed by atoms with van der Waals surface area (Å²) in [7, 11) is -1.47. The van der Waals surface area contributed by atoms with Gasteiger partial charge in [-0.2, -0.15) is 0 Å². The summed E-state index contributed by atoms with van der Waals surface area (Å²) in [6.45, 7) is 3.58. The van der Waals surface area contributed by atoms with Crippen molar-refractivity contribution < 1.29 is 12.8 Å². The van der Waals surface area contributed by atoms with Gasteiger partial charge in [-0.05, 0) is 38.1 Å². The van der Waals surface area contributed by atoms with Crippen molar-refractivity contribution in [2.24, 2.45) is 4.99 Å². The molecule has 0 radical (unpaired) electrons. The van der Waals surface area contributed by atoms with Gasteiger partial charge >= 0.3 is 0 Å². The molecule has 0 aliphatic carbocycles. The zero-order valence-corrected chi connectivity index (χ0v) is 17.8. The maximum Gasteiger partial charge on any atom is 0.208 e. The predicted molar refractivity (Wildman–Crippen MR) is 110 cm³/mol. The first kappa shape index (κ1) is 22.2. The smallest absolute Gasteiger partial charge is 0.208 e. The third kappa shape index (κ3) is 7.92. The molecule has 0 aromatic carbocycles. The number of rotatable bonds is 8. The molecule has 0 saturated carbocycles. The highest BCUT2D eigenvalue weighted by Gasteiger charge is 2.25. The summed E-state index contributed by atoms with van der Waals surface area (Å²) in [6.07, 6.45) is 5.26. The lowest BCUT2D eigenvalue weighted by Crippen LogP contribution is -2.44. The van der Waals surface area contributed by atoms with Crippen molar-refractivity contribution in [3.63, 3.8) is 0 Å². The summed E-state index contributed by atoms with van der Waals surface area (Å²) < 4.78 is 30.1. The fourth-order valence-corrected chi connectivity index (χ4v) is 3.25. The Balaban J connectivity index is 0.00000312. The molecule has 2 rings (SSSR count). The minimum atomic E-state index is -3.16. The number of furan rings is 1. The van der Waals surface area contributed by atoms with Gasteiger partial charge in [0.15, 0.2) is 5.96 Å². The van der Waals surface area contributed by atoms with Crippen LogP contribution in [0.3, 0.4) is 0 Å². The molecule has 1 saturated heterocycles. The average molecular weight is 485 g/mol. The monoisotopic (exact) mass is 485 g/mol. The van der Waals surface area contributed by atoms with Crippen LogP contribution in [0.5, 0.6) is 0 Å². The van der Waals surface area contributed by atoms with E-state index in [1.54, 1.807) is 13.3 Å². The Bertz CT molecular complexity index is 615. The van der Waals surface area contributed by atoms with Crippen LogP contribution in [0.15, 0.2) is 27.8 Å². The molecule has 1 aromatic rings. The lowest BCUT2D eigenvalue weighted by molar-refractivity contribution is 0.215. The molecule has 10 heteroatoms. The fourth-order valence-electron chi connectivity index (χ4n) is 2.78. The Morgan fingerprint density at radius 2 is 2.04 bits per heavy atom. The number of hydrogen-bond acceptors (Lipinski definition) is 5. The van der Waals surface area contributed by atoms with Gasteiger partial charge in [0.2, 0.25) is 10.0 Å². The molecule has 1 atom stereocenters. The Kier molecular flexibility index (Phi) is 9.75. The highest BCUT2D eigenvalue weighted by atomic mass is 127. The van der Waals surface area contributed by atoms with Gasteiger partial charge in [0.1, 0.15) is 5.76 Å². The van der Waals surface area contributed by atoms with E-state index >= 15 is 0 Å². The van der Waals surface area contributed by atoms with Gasteiger partial charge in [0.05, 0.1) is 18.6 Å². The molecule has 1 unspecified atom stereocenters. The standard InChI is InChI=1S/C15H27N5O3S.HI/c1-16-15(17-7-8-19-24(2,21)22)18-12-13(14-6-5-11-23-14)20-9-3-4-10-20;/h5-6,11,13,19H,3-4,7-10,12H2,1-2H3,(H2,16,17,18);1H. The fraction of sp³-hybridized carbons (Fsp3) is 0.667. The molecule has 25 heavy (non-hydrogen) atoms. The number of nitrogens with one attached hydrogen (secondary N) is 3. The Labute approximate surface area is 166 Å². The van der Waals surface area contributed by atoms with E-state index in [1.165, 1.54) is 12.8 Å². The van der Waals surface area contributed by atoms with Crippen LogP contribution in [0.4, 0.5) is 0 Å². The average Bonchev–Trinajstić information content (AvgIpc) is 3.22. The quantitative estimate of drug-likeness (QED) is 0.218. The van der Waals surface area contributed by atoms with E-state index in [-0.39, 0.29) is 30.0 Å². The van der Waals surface area contributed by atoms with Crippen LogP contribution in [-0.2, 0) is 10.0 Å². The zero-order chi connectivity index (χ0) is 17.4. The summed E-state index contributed by atoms with van der Waals surface area (Å²) in [5.74, 6) is 1.58. The minimum Gasteiger partial charge on any atom is -0.468 e. The maximum absolute atomic E-state index is 11.0. The molecule has 0 amide bonds. The molecule has 3 N–H and O–H groups in total. The predicted octanol–water partition coefficient (Wildman–Crippen LogP) is 0.749. The van der Waals surface area contributed by atoms with Crippen molar-refractivity contribution in [3.05, 3.63) is 24.2 Å². The third-order valence-electron chi connectivity index (χ3n) is 3.92. The number of aliphatic imine (C=N–C) groups is 1. The zero-order valence-electron chi connectivity index (χ0n) is 14.7. The van der Waals surface area contributed by atoms with Gasteiger partial charge < -0.3 is 15.1 Å². The number of halogens is 1. The van der Waals surface area contributed by atoms with E-state index in [0.717, 1.165) is 25.1 Å². The molecule has 0 bridgehead atoms. The van der Waals surface area contributed by atoms with Crippen LogP contribution in [0, 0.1) is 0 Å². The maximum atomic E-state index is 11.0. The molecule has 1 aromatic heterocycles. The molecule has 8 nitrogen and oxygen atoms in total. The Morgan fingerprint density at radius 1 is 1.32 bits per heavy atom. The second-order valence-electron chi connectivity index (χ2n) is 5.82. The van der Waals surface area contributed by atoms with Crippen molar-refractivity contribution in [1.82, 2.24) is 20.3 Å². The van der Waals surface area contributed by atoms with E-state index in [0.29, 0.717) is 25.6 Å². The van der Waals surface area contributed by atoms with Crippen molar-refractivity contribution in [2.75, 3.05) is 46.0 Å². The second kappa shape index (κ2) is 11.0. The molecule has 1 fully saturated rings. The lowest BCUT2D eigenvalue weighted by atomic mass is 10.2. The summed E-state index contributed by atoms with van der Waals surface area (Å²) in [4.78, 5) is 6.58. The largest absolute Gasteiger partial charge is 0.468 e. The van der Waals surface area contributed by atoms with Crippen LogP contribution in [0.1, 0.15) is 24.6 Å². The van der Waals surface area contributed by atoms with E-state index in [4.69, 9.17) is 4.42 Å². The molecular formula is C15H28IN5O3S. The van der Waals surface area contributed by atoms with Gasteiger partial charge in [-0.25, -0.2) is 13.1 Å². The SMILES string of the molecule is CN=C(NCCNS(C)(=O)=O)NCC(c1ccco1)N1CCCC1.I.